The monoisotopic (exact) mass is 529 g/mol. The van der Waals surface area contributed by atoms with Gasteiger partial charge in [0, 0.05) is 36.1 Å². The molecule has 1 atom stereocenters. The first-order valence-electron chi connectivity index (χ1n) is 13.0. The van der Waals surface area contributed by atoms with E-state index < -0.39 is 0 Å². The van der Waals surface area contributed by atoms with E-state index in [9.17, 15) is 14.4 Å². The third kappa shape index (κ3) is 8.82. The van der Waals surface area contributed by atoms with Gasteiger partial charge in [0.05, 0.1) is 19.2 Å². The number of methoxy groups -OCH3 is 1. The Hall–Kier alpha value is -2.98. The first-order valence-corrected chi connectivity index (χ1v) is 13.8. The molecule has 0 radical (unpaired) electrons. The van der Waals surface area contributed by atoms with Gasteiger partial charge in [-0.1, -0.05) is 6.42 Å². The van der Waals surface area contributed by atoms with E-state index in [0.29, 0.717) is 34.7 Å². The smallest absolute Gasteiger partial charge is 0.254 e. The van der Waals surface area contributed by atoms with E-state index in [-0.39, 0.29) is 36.7 Å². The van der Waals surface area contributed by atoms with E-state index in [1.54, 1.807) is 36.8 Å². The lowest BCUT2D eigenvalue weighted by molar-refractivity contribution is -0.120. The number of ether oxygens (including phenoxy) is 1. The van der Waals surface area contributed by atoms with Gasteiger partial charge in [-0.3, -0.25) is 14.4 Å². The molecule has 3 rings (SSSR count). The zero-order valence-corrected chi connectivity index (χ0v) is 23.1. The van der Waals surface area contributed by atoms with Crippen molar-refractivity contribution in [2.24, 2.45) is 0 Å². The van der Waals surface area contributed by atoms with Crippen LogP contribution in [0.2, 0.25) is 0 Å². The van der Waals surface area contributed by atoms with Gasteiger partial charge in [-0.15, -0.1) is 11.3 Å². The molecule has 1 aliphatic rings. The Morgan fingerprint density at radius 2 is 1.95 bits per heavy atom. The molecular weight excluding hydrogens is 490 g/mol. The first-order chi connectivity index (χ1) is 17.8. The van der Waals surface area contributed by atoms with Gasteiger partial charge in [0.1, 0.15) is 12.3 Å². The molecule has 1 aliphatic heterocycles. The quantitative estimate of drug-likeness (QED) is 0.408. The lowest BCUT2D eigenvalue weighted by atomic mass is 10.0. The number of hydrogen-bond acceptors (Lipinski definition) is 7. The maximum absolute atomic E-state index is 13.0. The number of hydrogen-bond donors (Lipinski definition) is 2. The fraction of sp³-hybridized carbons (Fsp3) is 0.556. The number of thiazole rings is 1. The van der Waals surface area contributed by atoms with Gasteiger partial charge in [0.15, 0.2) is 5.13 Å². The minimum Gasteiger partial charge on any atom is -0.497 e. The summed E-state index contributed by atoms with van der Waals surface area (Å²) in [5.74, 6) is 0.00331. The molecule has 1 unspecified atom stereocenters. The Morgan fingerprint density at radius 3 is 2.62 bits per heavy atom. The largest absolute Gasteiger partial charge is 0.497 e. The Bertz CT molecular complexity index is 1040. The number of carbonyl (C=O) groups excluding carboxylic acids is 3. The molecule has 202 valence electrons. The average molecular weight is 530 g/mol. The summed E-state index contributed by atoms with van der Waals surface area (Å²) in [6.07, 6.45) is 4.91. The number of piperidine rings is 1. The van der Waals surface area contributed by atoms with Gasteiger partial charge in [-0.2, -0.15) is 0 Å². The van der Waals surface area contributed by atoms with Crippen LogP contribution in [0.5, 0.6) is 5.75 Å². The van der Waals surface area contributed by atoms with Gasteiger partial charge in [0.25, 0.3) is 5.91 Å². The van der Waals surface area contributed by atoms with Crippen molar-refractivity contribution in [3.63, 3.8) is 0 Å². The van der Waals surface area contributed by atoms with Crippen molar-refractivity contribution >= 4 is 34.2 Å². The van der Waals surface area contributed by atoms with Crippen LogP contribution in [0.15, 0.2) is 29.6 Å². The van der Waals surface area contributed by atoms with Gasteiger partial charge < -0.3 is 25.2 Å². The SMILES string of the molecule is COc1ccc(C(=O)N(CC(=O)Nc2nc(CC(=O)NCCCN3CCCCC3C)cs2)C(C)C)cc1. The van der Waals surface area contributed by atoms with Crippen LogP contribution in [-0.4, -0.2) is 77.9 Å². The van der Waals surface area contributed by atoms with Crippen molar-refractivity contribution in [2.45, 2.75) is 65.0 Å². The van der Waals surface area contributed by atoms with Crippen LogP contribution in [0.3, 0.4) is 0 Å². The minimum absolute atomic E-state index is 0.0778. The average Bonchev–Trinajstić information content (AvgIpc) is 3.31. The Labute approximate surface area is 223 Å². The van der Waals surface area contributed by atoms with Crippen molar-refractivity contribution in [1.82, 2.24) is 20.1 Å². The molecule has 1 aromatic carbocycles. The summed E-state index contributed by atoms with van der Waals surface area (Å²) in [6.45, 7) is 8.69. The van der Waals surface area contributed by atoms with Crippen LogP contribution in [0.1, 0.15) is 62.5 Å². The van der Waals surface area contributed by atoms with Crippen molar-refractivity contribution in [1.29, 1.82) is 0 Å². The molecule has 1 fully saturated rings. The van der Waals surface area contributed by atoms with Crippen LogP contribution in [0.25, 0.3) is 0 Å². The maximum Gasteiger partial charge on any atom is 0.254 e. The number of amides is 3. The van der Waals surface area contributed by atoms with E-state index >= 15 is 0 Å². The van der Waals surface area contributed by atoms with Crippen LogP contribution >= 0.6 is 11.3 Å². The second-order valence-electron chi connectivity index (χ2n) is 9.71. The summed E-state index contributed by atoms with van der Waals surface area (Å²) in [4.78, 5) is 46.3. The summed E-state index contributed by atoms with van der Waals surface area (Å²) >= 11 is 1.26. The van der Waals surface area contributed by atoms with Crippen LogP contribution < -0.4 is 15.4 Å². The molecule has 9 nitrogen and oxygen atoms in total. The number of nitrogens with one attached hydrogen (secondary N) is 2. The van der Waals surface area contributed by atoms with E-state index in [1.807, 2.05) is 13.8 Å². The molecule has 2 heterocycles. The highest BCUT2D eigenvalue weighted by atomic mass is 32.1. The first kappa shape index (κ1) is 28.6. The summed E-state index contributed by atoms with van der Waals surface area (Å²) in [6, 6.07) is 7.25. The molecule has 1 saturated heterocycles. The molecule has 37 heavy (non-hydrogen) atoms. The van der Waals surface area contributed by atoms with E-state index in [0.717, 1.165) is 19.5 Å². The molecule has 0 spiro atoms. The van der Waals surface area contributed by atoms with E-state index in [2.05, 4.69) is 27.4 Å². The van der Waals surface area contributed by atoms with Crippen LogP contribution in [0, 0.1) is 0 Å². The fourth-order valence-electron chi connectivity index (χ4n) is 4.37. The topological polar surface area (TPSA) is 104 Å². The van der Waals surface area contributed by atoms with Gasteiger partial charge in [-0.05, 0) is 70.8 Å². The predicted octanol–water partition coefficient (Wildman–Crippen LogP) is 3.56. The molecule has 3 amide bonds. The van der Waals surface area contributed by atoms with Gasteiger partial charge in [-0.25, -0.2) is 4.98 Å². The lowest BCUT2D eigenvalue weighted by Gasteiger charge is -2.33. The van der Waals surface area contributed by atoms with Crippen molar-refractivity contribution in [2.75, 3.05) is 38.6 Å². The van der Waals surface area contributed by atoms with Crippen molar-refractivity contribution in [3.8, 4) is 5.75 Å². The van der Waals surface area contributed by atoms with Crippen molar-refractivity contribution < 1.29 is 19.1 Å². The maximum atomic E-state index is 13.0. The summed E-state index contributed by atoms with van der Waals surface area (Å²) in [7, 11) is 1.57. The van der Waals surface area contributed by atoms with E-state index in [1.165, 1.54) is 35.5 Å². The molecule has 0 saturated carbocycles. The predicted molar refractivity (Wildman–Crippen MR) is 146 cm³/mol. The molecule has 0 bridgehead atoms. The number of anilines is 1. The lowest BCUT2D eigenvalue weighted by Crippen LogP contribution is -2.42. The molecule has 2 N–H and O–H groups in total. The third-order valence-corrected chi connectivity index (χ3v) is 7.37. The highest BCUT2D eigenvalue weighted by molar-refractivity contribution is 7.13. The Balaban J connectivity index is 1.43. The van der Waals surface area contributed by atoms with Gasteiger partial charge >= 0.3 is 0 Å². The molecule has 10 heteroatoms. The summed E-state index contributed by atoms with van der Waals surface area (Å²) in [5.41, 5.74) is 1.09. The second-order valence-corrected chi connectivity index (χ2v) is 10.6. The highest BCUT2D eigenvalue weighted by Gasteiger charge is 2.22. The standard InChI is InChI=1S/C27H39N5O4S/c1-19(2)32(26(35)21-9-11-23(36-4)12-10-21)17-25(34)30-27-29-22(18-37-27)16-24(33)28-13-7-15-31-14-6-5-8-20(31)3/h9-12,18-20H,5-8,13-17H2,1-4H3,(H,28,33)(H,29,30,34). The third-order valence-electron chi connectivity index (χ3n) is 6.56. The second kappa shape index (κ2) is 14.1. The number of rotatable bonds is 12. The Kier molecular flexibility index (Phi) is 10.9. The van der Waals surface area contributed by atoms with Crippen LogP contribution in [0.4, 0.5) is 5.13 Å². The van der Waals surface area contributed by atoms with E-state index in [4.69, 9.17) is 4.74 Å². The highest BCUT2D eigenvalue weighted by Crippen LogP contribution is 2.18. The molecule has 2 aromatic rings. The molecular formula is C27H39N5O4S. The number of aromatic nitrogens is 1. The van der Waals surface area contributed by atoms with Crippen LogP contribution in [-0.2, 0) is 16.0 Å². The normalized spacial score (nSPS) is 15.9. The molecule has 1 aromatic heterocycles. The number of carbonyl (C=O) groups is 3. The van der Waals surface area contributed by atoms with Crippen molar-refractivity contribution in [3.05, 3.63) is 40.9 Å². The van der Waals surface area contributed by atoms with Gasteiger partial charge in [0.2, 0.25) is 11.8 Å². The fourth-order valence-corrected chi connectivity index (χ4v) is 5.10. The number of likely N-dealkylation sites (tertiary alicyclic amines) is 1. The summed E-state index contributed by atoms with van der Waals surface area (Å²) in [5, 5.41) is 7.91. The molecule has 0 aliphatic carbocycles. The number of benzene rings is 1. The summed E-state index contributed by atoms with van der Waals surface area (Å²) < 4.78 is 5.14. The zero-order chi connectivity index (χ0) is 26.8. The Morgan fingerprint density at radius 1 is 1.19 bits per heavy atom. The number of nitrogens with zero attached hydrogens (tertiary/aromatic N) is 3. The zero-order valence-electron chi connectivity index (χ0n) is 22.3. The minimum atomic E-state index is -0.340.